The van der Waals surface area contributed by atoms with E-state index in [1.807, 2.05) is 31.2 Å². The van der Waals surface area contributed by atoms with Gasteiger partial charge in [-0.3, -0.25) is 0 Å². The highest BCUT2D eigenvalue weighted by molar-refractivity contribution is 5.91. The summed E-state index contributed by atoms with van der Waals surface area (Å²) in [7, 11) is 0. The number of aryl methyl sites for hydroxylation is 4. The second-order valence-corrected chi connectivity index (χ2v) is 6.70. The highest BCUT2D eigenvalue weighted by Crippen LogP contribution is 2.24. The van der Waals surface area contributed by atoms with Crippen LogP contribution in [0.4, 0.5) is 13.2 Å². The van der Waals surface area contributed by atoms with Crippen molar-refractivity contribution < 1.29 is 22.7 Å². The van der Waals surface area contributed by atoms with Gasteiger partial charge in [0.1, 0.15) is 5.82 Å². The van der Waals surface area contributed by atoms with Crippen LogP contribution in [0.2, 0.25) is 0 Å². The number of carbonyl (C=O) groups is 1. The topological polar surface area (TPSA) is 26.3 Å². The molecule has 5 heteroatoms. The number of carbonyl (C=O) groups excluding carboxylic acids is 1. The second-order valence-electron chi connectivity index (χ2n) is 6.70. The zero-order valence-corrected chi connectivity index (χ0v) is 15.6. The summed E-state index contributed by atoms with van der Waals surface area (Å²) in [6.07, 6.45) is 1.34. The van der Waals surface area contributed by atoms with Crippen molar-refractivity contribution in [3.8, 4) is 5.75 Å². The molecule has 0 radical (unpaired) electrons. The van der Waals surface area contributed by atoms with Gasteiger partial charge in [-0.05, 0) is 61.6 Å². The molecule has 0 aliphatic carbocycles. The van der Waals surface area contributed by atoms with Crippen molar-refractivity contribution in [2.45, 2.75) is 26.7 Å². The van der Waals surface area contributed by atoms with Gasteiger partial charge in [0.2, 0.25) is 5.82 Å². The Hall–Kier alpha value is -3.08. The van der Waals surface area contributed by atoms with Crippen LogP contribution in [0.1, 0.15) is 32.6 Å². The molecule has 0 N–H and O–H groups in total. The average molecular weight is 384 g/mol. The largest absolute Gasteiger partial charge is 0.420 e. The van der Waals surface area contributed by atoms with Crippen LogP contribution >= 0.6 is 0 Å². The van der Waals surface area contributed by atoms with Crippen molar-refractivity contribution in [3.63, 3.8) is 0 Å². The van der Waals surface area contributed by atoms with Gasteiger partial charge in [-0.25, -0.2) is 13.6 Å². The zero-order valence-electron chi connectivity index (χ0n) is 15.6. The predicted octanol–water partition coefficient (Wildman–Crippen LogP) is 5.73. The van der Waals surface area contributed by atoms with Crippen LogP contribution in [0, 0.1) is 31.3 Å². The molecule has 0 amide bonds. The van der Waals surface area contributed by atoms with Gasteiger partial charge in [0.25, 0.3) is 0 Å². The minimum Gasteiger partial charge on any atom is -0.420 e. The Bertz CT molecular complexity index is 1010. The maximum absolute atomic E-state index is 14.4. The van der Waals surface area contributed by atoms with E-state index in [-0.39, 0.29) is 11.1 Å². The summed E-state index contributed by atoms with van der Waals surface area (Å²) in [5.41, 5.74) is 2.77. The molecule has 3 aromatic carbocycles. The van der Waals surface area contributed by atoms with Crippen molar-refractivity contribution >= 4 is 5.97 Å². The highest BCUT2D eigenvalue weighted by Gasteiger charge is 2.19. The Labute approximate surface area is 161 Å². The van der Waals surface area contributed by atoms with Crippen molar-refractivity contribution in [2.24, 2.45) is 0 Å². The van der Waals surface area contributed by atoms with Gasteiger partial charge in [0.15, 0.2) is 11.6 Å². The van der Waals surface area contributed by atoms with E-state index in [0.29, 0.717) is 6.42 Å². The lowest BCUT2D eigenvalue weighted by Gasteiger charge is -2.09. The molecule has 0 saturated carbocycles. The van der Waals surface area contributed by atoms with E-state index < -0.39 is 29.2 Å². The van der Waals surface area contributed by atoms with Gasteiger partial charge in [-0.2, -0.15) is 4.39 Å². The SMILES string of the molecule is Cc1ccc(CCc2ccc(C(=O)Oc3ccc(C)c(F)c3F)c(F)c2)cc1. The summed E-state index contributed by atoms with van der Waals surface area (Å²) in [4.78, 5) is 12.2. The predicted molar refractivity (Wildman–Crippen MR) is 101 cm³/mol. The van der Waals surface area contributed by atoms with Crippen LogP contribution in [-0.4, -0.2) is 5.97 Å². The summed E-state index contributed by atoms with van der Waals surface area (Å²) in [6, 6.07) is 14.7. The molecule has 0 unspecified atom stereocenters. The molecule has 3 rings (SSSR count). The third-order valence-electron chi connectivity index (χ3n) is 4.52. The maximum Gasteiger partial charge on any atom is 0.346 e. The Morgan fingerprint density at radius 1 is 0.821 bits per heavy atom. The van der Waals surface area contributed by atoms with Gasteiger partial charge in [0, 0.05) is 0 Å². The van der Waals surface area contributed by atoms with E-state index in [0.717, 1.165) is 23.6 Å². The molecule has 144 valence electrons. The van der Waals surface area contributed by atoms with Crippen LogP contribution in [-0.2, 0) is 12.8 Å². The fourth-order valence-electron chi connectivity index (χ4n) is 2.79. The Morgan fingerprint density at radius 3 is 2.14 bits per heavy atom. The van der Waals surface area contributed by atoms with Crippen LogP contribution < -0.4 is 4.74 Å². The molecular weight excluding hydrogens is 365 g/mol. The lowest BCUT2D eigenvalue weighted by atomic mass is 10.0. The molecule has 28 heavy (non-hydrogen) atoms. The first-order valence-corrected chi connectivity index (χ1v) is 8.86. The maximum atomic E-state index is 14.4. The van der Waals surface area contributed by atoms with E-state index in [2.05, 4.69) is 0 Å². The van der Waals surface area contributed by atoms with E-state index in [9.17, 15) is 18.0 Å². The summed E-state index contributed by atoms with van der Waals surface area (Å²) in [6.45, 7) is 3.40. The Kier molecular flexibility index (Phi) is 5.83. The monoisotopic (exact) mass is 384 g/mol. The zero-order chi connectivity index (χ0) is 20.3. The fourth-order valence-corrected chi connectivity index (χ4v) is 2.79. The van der Waals surface area contributed by atoms with E-state index in [1.54, 1.807) is 6.07 Å². The van der Waals surface area contributed by atoms with Crippen molar-refractivity contribution in [3.05, 3.63) is 99.9 Å². The quantitative estimate of drug-likeness (QED) is 0.415. The van der Waals surface area contributed by atoms with E-state index >= 15 is 0 Å². The first-order chi connectivity index (χ1) is 13.3. The number of rotatable bonds is 5. The molecule has 0 aromatic heterocycles. The van der Waals surface area contributed by atoms with Gasteiger partial charge in [0.05, 0.1) is 5.56 Å². The highest BCUT2D eigenvalue weighted by atomic mass is 19.2. The smallest absolute Gasteiger partial charge is 0.346 e. The molecule has 0 heterocycles. The van der Waals surface area contributed by atoms with Crippen molar-refractivity contribution in [2.75, 3.05) is 0 Å². The van der Waals surface area contributed by atoms with Crippen LogP contribution in [0.3, 0.4) is 0 Å². The van der Waals surface area contributed by atoms with Crippen molar-refractivity contribution in [1.82, 2.24) is 0 Å². The molecule has 0 bridgehead atoms. The Balaban J connectivity index is 1.70. The van der Waals surface area contributed by atoms with E-state index in [1.165, 1.54) is 30.7 Å². The third kappa shape index (κ3) is 4.42. The van der Waals surface area contributed by atoms with Gasteiger partial charge >= 0.3 is 5.97 Å². The molecule has 0 aliphatic heterocycles. The van der Waals surface area contributed by atoms with Crippen LogP contribution in [0.25, 0.3) is 0 Å². The number of esters is 1. The Morgan fingerprint density at radius 2 is 1.46 bits per heavy atom. The molecule has 2 nitrogen and oxygen atoms in total. The lowest BCUT2D eigenvalue weighted by molar-refractivity contribution is 0.0721. The molecule has 0 atom stereocenters. The molecule has 0 fully saturated rings. The summed E-state index contributed by atoms with van der Waals surface area (Å²) >= 11 is 0. The summed E-state index contributed by atoms with van der Waals surface area (Å²) < 4.78 is 46.6. The molecular formula is C23H19F3O2. The lowest BCUT2D eigenvalue weighted by Crippen LogP contribution is -2.12. The van der Waals surface area contributed by atoms with Gasteiger partial charge < -0.3 is 4.74 Å². The number of halogens is 3. The summed E-state index contributed by atoms with van der Waals surface area (Å²) in [5.74, 6) is -4.79. The van der Waals surface area contributed by atoms with Crippen LogP contribution in [0.5, 0.6) is 5.75 Å². The molecule has 0 spiro atoms. The molecule has 0 aliphatic rings. The van der Waals surface area contributed by atoms with Gasteiger partial charge in [-0.1, -0.05) is 42.0 Å². The molecule has 0 saturated heterocycles. The van der Waals surface area contributed by atoms with Gasteiger partial charge in [-0.15, -0.1) is 0 Å². The number of hydrogen-bond donors (Lipinski definition) is 0. The number of hydrogen-bond acceptors (Lipinski definition) is 2. The molecule has 3 aromatic rings. The standard InChI is InChI=1S/C23H19F3O2/c1-14-3-6-16(7-4-14)8-9-17-10-11-18(19(24)13-17)23(27)28-20-12-5-15(2)21(25)22(20)26/h3-7,10-13H,8-9H2,1-2H3. The summed E-state index contributed by atoms with van der Waals surface area (Å²) in [5, 5.41) is 0. The number of benzene rings is 3. The second kappa shape index (κ2) is 8.30. The normalized spacial score (nSPS) is 10.8. The van der Waals surface area contributed by atoms with Crippen LogP contribution in [0.15, 0.2) is 54.6 Å². The minimum atomic E-state index is -1.27. The number of ether oxygens (including phenoxy) is 1. The third-order valence-corrected chi connectivity index (χ3v) is 4.52. The first-order valence-electron chi connectivity index (χ1n) is 8.86. The first kappa shape index (κ1) is 19.7. The van der Waals surface area contributed by atoms with E-state index in [4.69, 9.17) is 4.74 Å². The fraction of sp³-hybridized carbons (Fsp3) is 0.174. The van der Waals surface area contributed by atoms with Crippen molar-refractivity contribution in [1.29, 1.82) is 0 Å². The minimum absolute atomic E-state index is 0.0846. The average Bonchev–Trinajstić information content (AvgIpc) is 2.68.